The van der Waals surface area contributed by atoms with Gasteiger partial charge in [0.25, 0.3) is 11.7 Å². The molecule has 6 aliphatic heterocycles. The summed E-state index contributed by atoms with van der Waals surface area (Å²) < 4.78 is 26.2. The zero-order valence-corrected chi connectivity index (χ0v) is 40.3. The van der Waals surface area contributed by atoms with Crippen molar-refractivity contribution >= 4 is 28.9 Å². The Kier molecular flexibility index (Phi) is 14.4. The van der Waals surface area contributed by atoms with Crippen molar-refractivity contribution in [2.75, 3.05) is 50.7 Å². The number of hydrogen-bond acceptors (Lipinski definition) is 14. The van der Waals surface area contributed by atoms with E-state index in [1.54, 1.807) is 50.3 Å². The number of carbonyl (C=O) groups excluding carboxylic acids is 3. The van der Waals surface area contributed by atoms with Crippen LogP contribution in [-0.4, -0.2) is 124 Å². The van der Waals surface area contributed by atoms with Crippen molar-refractivity contribution in [1.82, 2.24) is 20.6 Å². The molecule has 1 spiro atoms. The van der Waals surface area contributed by atoms with Crippen molar-refractivity contribution in [3.63, 3.8) is 0 Å². The summed E-state index contributed by atoms with van der Waals surface area (Å²) >= 11 is 0. The highest BCUT2D eigenvalue weighted by Gasteiger charge is 2.54. The molecule has 5 N–H and O–H groups in total. The van der Waals surface area contributed by atoms with Crippen molar-refractivity contribution in [3.05, 3.63) is 99.9 Å². The average Bonchev–Trinajstić information content (AvgIpc) is 3.68. The monoisotopic (exact) mass is 938 g/mol. The molecule has 2 fully saturated rings. The average molecular weight is 939 g/mol. The number of Topliss-reactive ketones (excluding diaryl/α,β-unsaturated/α-hetero) is 2. The Labute approximate surface area is 398 Å². The van der Waals surface area contributed by atoms with Gasteiger partial charge in [0.15, 0.2) is 0 Å². The summed E-state index contributed by atoms with van der Waals surface area (Å²) in [6.45, 7) is 17.7. The molecule has 9 rings (SSSR count). The van der Waals surface area contributed by atoms with Gasteiger partial charge in [0.05, 0.1) is 47.1 Å². The molecule has 366 valence electrons. The maximum Gasteiger partial charge on any atom is 0.312 e. The Morgan fingerprint density at radius 1 is 0.956 bits per heavy atom. The number of ether oxygens (including phenoxy) is 2. The highest BCUT2D eigenvalue weighted by Crippen LogP contribution is 2.50. The summed E-state index contributed by atoms with van der Waals surface area (Å²) in [5.74, 6) is -4.64. The van der Waals surface area contributed by atoms with Gasteiger partial charge in [0, 0.05) is 106 Å². The van der Waals surface area contributed by atoms with E-state index in [0.29, 0.717) is 51.2 Å². The van der Waals surface area contributed by atoms with E-state index < -0.39 is 59.1 Å². The van der Waals surface area contributed by atoms with Crippen molar-refractivity contribution in [2.24, 2.45) is 22.7 Å². The number of anilines is 1. The van der Waals surface area contributed by atoms with Crippen molar-refractivity contribution in [2.45, 2.75) is 117 Å². The number of hydroxylamine groups is 2. The molecule has 0 saturated carbocycles. The fraction of sp³-hybridized carbons (Fsp3) is 0.538. The Morgan fingerprint density at radius 3 is 2.41 bits per heavy atom. The number of nitrogens with zero attached hydrogens (tertiary/aromatic N) is 4. The normalized spacial score (nSPS) is 30.2. The standard InChI is InChI=1S/C52H67FN6O9/c1-30(2)29-57-23-19-52(20-24-57)55-43-40-41-46(62)34(6)48-42(40)49(64)51(7,67-48)66-27-9-8-14-39(68-59-22-11-21-58(25-26-59)36-17-15-35(53)16-18-36)33(5)38(61)28-37(60)31(3)12-10-13-32(4)50(65)54-45(47(41)63)44(43)56-52/h9-10,12-13,15-18,27,30-31,33,37-39,56,60-62H,8,11,14,19-26,28-29H2,1-7H3,(H,54,65)/b12-10+,27-9+,32-13-/t31?,33-,37-,38?,39-,51?/m1/s1. The van der Waals surface area contributed by atoms with Crippen LogP contribution in [-0.2, 0) is 14.4 Å². The molecule has 68 heavy (non-hydrogen) atoms. The van der Waals surface area contributed by atoms with Crippen LogP contribution in [0.15, 0.2) is 76.8 Å². The summed E-state index contributed by atoms with van der Waals surface area (Å²) in [5, 5.41) is 43.1. The highest BCUT2D eigenvalue weighted by atomic mass is 19.1. The topological polar surface area (TPSA) is 186 Å². The summed E-state index contributed by atoms with van der Waals surface area (Å²) in [4.78, 5) is 60.0. The first-order valence-corrected chi connectivity index (χ1v) is 24.2. The number of allylic oxidation sites excluding steroid dienone is 5. The van der Waals surface area contributed by atoms with Gasteiger partial charge in [-0.3, -0.25) is 24.2 Å². The lowest BCUT2D eigenvalue weighted by molar-refractivity contribution is -0.218. The Hall–Kier alpha value is -5.39. The number of aliphatic imine (C=N–C) groups is 1. The molecule has 3 unspecified atom stereocenters. The molecule has 1 aliphatic carbocycles. The van der Waals surface area contributed by atoms with E-state index in [1.807, 2.05) is 18.9 Å². The minimum absolute atomic E-state index is 0.0633. The second kappa shape index (κ2) is 19.9. The molecular weight excluding hydrogens is 872 g/mol. The van der Waals surface area contributed by atoms with E-state index in [-0.39, 0.29) is 68.7 Å². The Balaban J connectivity index is 1.11. The molecular formula is C52H67FN6O9. The minimum Gasteiger partial charge on any atom is -0.507 e. The summed E-state index contributed by atoms with van der Waals surface area (Å²) in [7, 11) is 0. The fourth-order valence-corrected chi connectivity index (χ4v) is 10.1. The molecule has 15 nitrogen and oxygen atoms in total. The third-order valence-corrected chi connectivity index (χ3v) is 14.3. The number of likely N-dealkylation sites (tertiary alicyclic amines) is 1. The number of piperidine rings is 1. The molecule has 6 heterocycles. The number of phenols is 1. The number of aromatic hydroxyl groups is 1. The number of amides is 1. The number of aliphatic hydroxyl groups excluding tert-OH is 2. The number of benzene rings is 2. The van der Waals surface area contributed by atoms with Crippen LogP contribution in [0.25, 0.3) is 0 Å². The van der Waals surface area contributed by atoms with Gasteiger partial charge in [-0.2, -0.15) is 5.06 Å². The van der Waals surface area contributed by atoms with Crippen molar-refractivity contribution in [3.8, 4) is 11.5 Å². The first kappa shape index (κ1) is 49.0. The smallest absolute Gasteiger partial charge is 0.312 e. The molecule has 2 aromatic rings. The van der Waals surface area contributed by atoms with Gasteiger partial charge in [-0.25, -0.2) is 4.39 Å². The minimum atomic E-state index is -1.88. The molecule has 0 aromatic heterocycles. The molecule has 1 amide bonds. The molecule has 2 saturated heterocycles. The van der Waals surface area contributed by atoms with E-state index >= 15 is 0 Å². The van der Waals surface area contributed by atoms with Crippen LogP contribution in [0.1, 0.15) is 112 Å². The number of hydrogen-bond donors (Lipinski definition) is 5. The van der Waals surface area contributed by atoms with E-state index in [0.717, 1.165) is 38.3 Å². The van der Waals surface area contributed by atoms with Crippen molar-refractivity contribution in [1.29, 1.82) is 0 Å². The van der Waals surface area contributed by atoms with E-state index in [2.05, 4.69) is 34.3 Å². The number of phenolic OH excluding ortho intramolecular Hbond substituents is 1. The molecule has 16 heteroatoms. The number of fused-ring (bicyclic) bond motifs is 13. The van der Waals surface area contributed by atoms with Crippen LogP contribution in [0.5, 0.6) is 11.5 Å². The molecule has 2 aromatic carbocycles. The third-order valence-electron chi connectivity index (χ3n) is 14.3. The number of nitrogens with one attached hydrogen (secondary N) is 2. The van der Waals surface area contributed by atoms with Gasteiger partial charge in [0.1, 0.15) is 28.7 Å². The highest BCUT2D eigenvalue weighted by molar-refractivity contribution is 6.34. The first-order valence-electron chi connectivity index (χ1n) is 24.2. The predicted molar refractivity (Wildman–Crippen MR) is 256 cm³/mol. The number of ketones is 2. The largest absolute Gasteiger partial charge is 0.507 e. The van der Waals surface area contributed by atoms with Gasteiger partial charge >= 0.3 is 5.79 Å². The third kappa shape index (κ3) is 9.88. The van der Waals surface area contributed by atoms with Crippen LogP contribution < -0.4 is 20.3 Å². The number of aliphatic hydroxyl groups is 2. The zero-order valence-electron chi connectivity index (χ0n) is 40.3. The van der Waals surface area contributed by atoms with E-state index in [1.165, 1.54) is 25.3 Å². The summed E-state index contributed by atoms with van der Waals surface area (Å²) in [6.07, 6.45) is 8.74. The zero-order chi connectivity index (χ0) is 48.7. The van der Waals surface area contributed by atoms with Gasteiger partial charge in [0.2, 0.25) is 5.78 Å². The second-order valence-electron chi connectivity index (χ2n) is 19.9. The molecule has 6 atom stereocenters. The van der Waals surface area contributed by atoms with Gasteiger partial charge in [-0.05, 0) is 69.4 Å². The fourth-order valence-electron chi connectivity index (χ4n) is 10.1. The molecule has 0 radical (unpaired) electrons. The lowest BCUT2D eigenvalue weighted by atomic mass is 9.82. The molecule has 7 aliphatic rings. The first-order chi connectivity index (χ1) is 32.4. The molecule has 5 bridgehead atoms. The predicted octanol–water partition coefficient (Wildman–Crippen LogP) is 6.22. The van der Waals surface area contributed by atoms with E-state index in [4.69, 9.17) is 19.3 Å². The summed E-state index contributed by atoms with van der Waals surface area (Å²) in [5.41, 5.74) is 1.03. The van der Waals surface area contributed by atoms with Crippen LogP contribution in [0.2, 0.25) is 0 Å². The summed E-state index contributed by atoms with van der Waals surface area (Å²) in [6, 6.07) is 6.45. The number of halogens is 1. The van der Waals surface area contributed by atoms with Crippen LogP contribution >= 0.6 is 0 Å². The maximum absolute atomic E-state index is 14.8. The van der Waals surface area contributed by atoms with Gasteiger partial charge < -0.3 is 45.2 Å². The SMILES string of the molecule is C/C1=C/C=C/C(C)[C@H](O)CC(O)[C@@H](C)[C@H](ON2CCCN(c3ccc(F)cc3)CC2)CC/C=C/OC2(C)Oc3c(C)c(O)c4c(c3C2=O)C2=NC3(CCN(CC(C)C)CC3)NC2=C(NC1=O)C4=O. The Morgan fingerprint density at radius 2 is 1.69 bits per heavy atom. The Bertz CT molecular complexity index is 2440. The second-order valence-corrected chi connectivity index (χ2v) is 19.9. The quantitative estimate of drug-likeness (QED) is 0.228. The van der Waals surface area contributed by atoms with E-state index in [9.17, 15) is 34.1 Å². The van der Waals surface area contributed by atoms with Crippen LogP contribution in [0.4, 0.5) is 10.1 Å². The van der Waals surface area contributed by atoms with Gasteiger partial charge in [-0.1, -0.05) is 45.9 Å². The van der Waals surface area contributed by atoms with Crippen molar-refractivity contribution < 1.29 is 48.4 Å². The van der Waals surface area contributed by atoms with Crippen LogP contribution in [0.3, 0.4) is 0 Å². The lowest BCUT2D eigenvalue weighted by Gasteiger charge is -2.38. The maximum atomic E-state index is 14.8. The van der Waals surface area contributed by atoms with Crippen LogP contribution in [0, 0.1) is 30.5 Å². The van der Waals surface area contributed by atoms with Gasteiger partial charge in [-0.15, -0.1) is 0 Å². The number of rotatable bonds is 5. The lowest BCUT2D eigenvalue weighted by Crippen LogP contribution is -2.50. The number of carbonyl (C=O) groups is 3.